The minimum absolute atomic E-state index is 0.312. The average molecular weight is 298 g/mol. The van der Waals surface area contributed by atoms with Crippen LogP contribution in [0.1, 0.15) is 17.6 Å². The lowest BCUT2D eigenvalue weighted by Gasteiger charge is -2.46. The third-order valence-electron chi connectivity index (χ3n) is 3.64. The number of piperazine rings is 3. The van der Waals surface area contributed by atoms with Gasteiger partial charge in [0, 0.05) is 32.7 Å². The first-order valence-electron chi connectivity index (χ1n) is 5.91. The van der Waals surface area contributed by atoms with Crippen molar-refractivity contribution in [3.05, 3.63) is 16.0 Å². The van der Waals surface area contributed by atoms with Crippen LogP contribution in [0.3, 0.4) is 0 Å². The van der Waals surface area contributed by atoms with Gasteiger partial charge in [-0.2, -0.15) is 0 Å². The van der Waals surface area contributed by atoms with Crippen molar-refractivity contribution in [2.45, 2.75) is 13.0 Å². The Kier molecular flexibility index (Phi) is 2.80. The van der Waals surface area contributed by atoms with E-state index >= 15 is 0 Å². The molecular formula is C11H16BrN5. The van der Waals surface area contributed by atoms with Gasteiger partial charge in [-0.05, 0) is 22.9 Å². The minimum Gasteiger partial charge on any atom is -0.383 e. The van der Waals surface area contributed by atoms with Crippen LogP contribution in [-0.2, 0) is 0 Å². The average Bonchev–Trinajstić information content (AvgIpc) is 2.36. The van der Waals surface area contributed by atoms with Gasteiger partial charge < -0.3 is 5.73 Å². The van der Waals surface area contributed by atoms with E-state index in [1.54, 1.807) is 0 Å². The SMILES string of the molecule is Cc1nc(C2CN3CCN2CC3)nc(N)c1Br. The van der Waals surface area contributed by atoms with Crippen LogP contribution in [0.4, 0.5) is 5.82 Å². The van der Waals surface area contributed by atoms with Crippen molar-refractivity contribution in [3.8, 4) is 0 Å². The second kappa shape index (κ2) is 4.19. The van der Waals surface area contributed by atoms with E-state index in [0.29, 0.717) is 11.9 Å². The summed E-state index contributed by atoms with van der Waals surface area (Å²) in [6.45, 7) is 7.55. The van der Waals surface area contributed by atoms with Gasteiger partial charge in [0.15, 0.2) is 0 Å². The number of hydrogen-bond acceptors (Lipinski definition) is 5. The number of anilines is 1. The highest BCUT2D eigenvalue weighted by Gasteiger charge is 2.34. The first kappa shape index (κ1) is 11.4. The Balaban J connectivity index is 1.94. The quantitative estimate of drug-likeness (QED) is 0.831. The zero-order valence-electron chi connectivity index (χ0n) is 9.86. The maximum absolute atomic E-state index is 5.90. The van der Waals surface area contributed by atoms with Crippen molar-refractivity contribution in [1.29, 1.82) is 0 Å². The van der Waals surface area contributed by atoms with E-state index in [1.807, 2.05) is 6.92 Å². The molecule has 4 rings (SSSR count). The Morgan fingerprint density at radius 3 is 2.47 bits per heavy atom. The maximum atomic E-state index is 5.90. The molecule has 2 bridgehead atoms. The molecule has 6 heteroatoms. The van der Waals surface area contributed by atoms with Gasteiger partial charge in [-0.25, -0.2) is 9.97 Å². The highest BCUT2D eigenvalue weighted by atomic mass is 79.9. The van der Waals surface area contributed by atoms with Crippen LogP contribution in [0.25, 0.3) is 0 Å². The fraction of sp³-hybridized carbons (Fsp3) is 0.636. The molecule has 1 unspecified atom stereocenters. The van der Waals surface area contributed by atoms with Crippen molar-refractivity contribution in [2.24, 2.45) is 0 Å². The molecule has 17 heavy (non-hydrogen) atoms. The molecule has 0 aromatic carbocycles. The van der Waals surface area contributed by atoms with Gasteiger partial charge in [0.05, 0.1) is 16.2 Å². The third-order valence-corrected chi connectivity index (χ3v) is 4.62. The summed E-state index contributed by atoms with van der Waals surface area (Å²) in [4.78, 5) is 13.9. The molecule has 0 aliphatic carbocycles. The number of aryl methyl sites for hydroxylation is 1. The van der Waals surface area contributed by atoms with Crippen LogP contribution in [0.15, 0.2) is 4.47 Å². The fourth-order valence-corrected chi connectivity index (χ4v) is 2.79. The number of aromatic nitrogens is 2. The monoisotopic (exact) mass is 297 g/mol. The number of nitrogen functional groups attached to an aromatic ring is 1. The number of nitrogens with two attached hydrogens (primary N) is 1. The minimum atomic E-state index is 0.312. The second-order valence-electron chi connectivity index (χ2n) is 4.72. The molecule has 92 valence electrons. The lowest BCUT2D eigenvalue weighted by atomic mass is 10.1. The summed E-state index contributed by atoms with van der Waals surface area (Å²) < 4.78 is 0.817. The summed E-state index contributed by atoms with van der Waals surface area (Å²) in [6.07, 6.45) is 0. The Morgan fingerprint density at radius 1 is 1.24 bits per heavy atom. The van der Waals surface area contributed by atoms with E-state index in [9.17, 15) is 0 Å². The molecule has 3 aliphatic heterocycles. The van der Waals surface area contributed by atoms with Crippen LogP contribution < -0.4 is 5.73 Å². The first-order valence-corrected chi connectivity index (χ1v) is 6.70. The van der Waals surface area contributed by atoms with Gasteiger partial charge >= 0.3 is 0 Å². The predicted molar refractivity (Wildman–Crippen MR) is 69.6 cm³/mol. The number of halogens is 1. The lowest BCUT2D eigenvalue weighted by Crippen LogP contribution is -2.57. The van der Waals surface area contributed by atoms with Gasteiger partial charge in [-0.15, -0.1) is 0 Å². The normalized spacial score (nSPS) is 31.8. The van der Waals surface area contributed by atoms with Crippen molar-refractivity contribution in [1.82, 2.24) is 19.8 Å². The maximum Gasteiger partial charge on any atom is 0.149 e. The van der Waals surface area contributed by atoms with Crippen molar-refractivity contribution >= 4 is 21.7 Å². The number of fused-ring (bicyclic) bond motifs is 3. The summed E-state index contributed by atoms with van der Waals surface area (Å²) in [6, 6.07) is 0.312. The number of rotatable bonds is 1. The first-order chi connectivity index (χ1) is 8.15. The molecule has 0 spiro atoms. The highest BCUT2D eigenvalue weighted by Crippen LogP contribution is 2.29. The Bertz CT molecular complexity index is 418. The topological polar surface area (TPSA) is 58.3 Å². The summed E-state index contributed by atoms with van der Waals surface area (Å²) in [7, 11) is 0. The van der Waals surface area contributed by atoms with Crippen molar-refractivity contribution in [3.63, 3.8) is 0 Å². The van der Waals surface area contributed by atoms with E-state index in [2.05, 4.69) is 35.7 Å². The zero-order valence-corrected chi connectivity index (χ0v) is 11.4. The van der Waals surface area contributed by atoms with Crippen LogP contribution in [-0.4, -0.2) is 52.5 Å². The smallest absolute Gasteiger partial charge is 0.149 e. The van der Waals surface area contributed by atoms with Crippen LogP contribution >= 0.6 is 15.9 Å². The van der Waals surface area contributed by atoms with Gasteiger partial charge in [0.1, 0.15) is 11.6 Å². The molecule has 1 aromatic heterocycles. The van der Waals surface area contributed by atoms with Gasteiger partial charge in [-0.3, -0.25) is 9.80 Å². The summed E-state index contributed by atoms with van der Waals surface area (Å²) >= 11 is 3.40. The Morgan fingerprint density at radius 2 is 1.94 bits per heavy atom. The van der Waals surface area contributed by atoms with E-state index in [4.69, 9.17) is 5.73 Å². The molecule has 0 radical (unpaired) electrons. The number of hydrogen-bond donors (Lipinski definition) is 1. The fourth-order valence-electron chi connectivity index (χ4n) is 2.62. The molecule has 1 atom stereocenters. The molecule has 1 aromatic rings. The molecule has 5 nitrogen and oxygen atoms in total. The summed E-state index contributed by atoms with van der Waals surface area (Å²) in [5.41, 5.74) is 6.82. The van der Waals surface area contributed by atoms with Crippen molar-refractivity contribution in [2.75, 3.05) is 38.5 Å². The molecule has 2 N–H and O–H groups in total. The predicted octanol–water partition coefficient (Wildman–Crippen LogP) is 0.802. The Hall–Kier alpha value is -0.720. The third kappa shape index (κ3) is 1.94. The molecule has 3 saturated heterocycles. The molecule has 0 amide bonds. The van der Waals surface area contributed by atoms with E-state index in [1.165, 1.54) is 13.1 Å². The van der Waals surface area contributed by atoms with Gasteiger partial charge in [0.25, 0.3) is 0 Å². The van der Waals surface area contributed by atoms with Crippen LogP contribution in [0, 0.1) is 6.92 Å². The molecule has 3 aliphatic rings. The standard InChI is InChI=1S/C11H16BrN5/c1-7-9(12)10(13)15-11(14-7)8-6-16-2-4-17(8)5-3-16/h8H,2-6H2,1H3,(H2,13,14,15). The summed E-state index contributed by atoms with van der Waals surface area (Å²) in [5, 5.41) is 0. The molecular weight excluding hydrogens is 282 g/mol. The van der Waals surface area contributed by atoms with E-state index in [-0.39, 0.29) is 0 Å². The molecule has 4 heterocycles. The van der Waals surface area contributed by atoms with Crippen LogP contribution in [0.2, 0.25) is 0 Å². The van der Waals surface area contributed by atoms with Gasteiger partial charge in [-0.1, -0.05) is 0 Å². The molecule has 0 saturated carbocycles. The second-order valence-corrected chi connectivity index (χ2v) is 5.51. The zero-order chi connectivity index (χ0) is 12.0. The van der Waals surface area contributed by atoms with Crippen molar-refractivity contribution < 1.29 is 0 Å². The molecule has 3 fully saturated rings. The summed E-state index contributed by atoms with van der Waals surface area (Å²) in [5.74, 6) is 1.41. The lowest BCUT2D eigenvalue weighted by molar-refractivity contribution is 0.00863. The van der Waals surface area contributed by atoms with E-state index < -0.39 is 0 Å². The van der Waals surface area contributed by atoms with Crippen LogP contribution in [0.5, 0.6) is 0 Å². The largest absolute Gasteiger partial charge is 0.383 e. The Labute approximate surface area is 109 Å². The van der Waals surface area contributed by atoms with E-state index in [0.717, 1.165) is 35.6 Å². The highest BCUT2D eigenvalue weighted by molar-refractivity contribution is 9.10. The van der Waals surface area contributed by atoms with Gasteiger partial charge in [0.2, 0.25) is 0 Å². The number of nitrogens with zero attached hydrogens (tertiary/aromatic N) is 4.